The van der Waals surface area contributed by atoms with Crippen molar-refractivity contribution in [1.29, 1.82) is 0 Å². The molecule has 1 amide bonds. The van der Waals surface area contributed by atoms with Crippen LogP contribution in [0.2, 0.25) is 0 Å². The third-order valence-electron chi connectivity index (χ3n) is 4.31. The quantitative estimate of drug-likeness (QED) is 0.689. The van der Waals surface area contributed by atoms with E-state index in [1.165, 1.54) is 0 Å². The summed E-state index contributed by atoms with van der Waals surface area (Å²) >= 11 is 0. The molecule has 1 aromatic carbocycles. The molecule has 3 rings (SSSR count). The van der Waals surface area contributed by atoms with Gasteiger partial charge in [-0.05, 0) is 39.0 Å². The Morgan fingerprint density at radius 3 is 2.61 bits per heavy atom. The number of hydrogen-bond acceptors (Lipinski definition) is 4. The highest BCUT2D eigenvalue weighted by molar-refractivity contribution is 6.15. The molecule has 0 bridgehead atoms. The van der Waals surface area contributed by atoms with E-state index in [-0.39, 0.29) is 5.69 Å². The average Bonchev–Trinajstić information content (AvgIpc) is 2.88. The summed E-state index contributed by atoms with van der Waals surface area (Å²) < 4.78 is 0. The Morgan fingerprint density at radius 2 is 2.00 bits per heavy atom. The third kappa shape index (κ3) is 2.27. The van der Waals surface area contributed by atoms with E-state index in [1.54, 1.807) is 0 Å². The SMILES string of the molecule is CCN(CC)c1ccc2nc(C)c3c(N)c(C(N)=O)[nH]c3c2c1. The number of amides is 1. The molecular formula is C17H21N5O. The van der Waals surface area contributed by atoms with E-state index in [1.807, 2.05) is 13.0 Å². The Hall–Kier alpha value is -2.76. The highest BCUT2D eigenvalue weighted by atomic mass is 16.1. The molecule has 120 valence electrons. The molecule has 0 radical (unpaired) electrons. The van der Waals surface area contributed by atoms with Crippen LogP contribution in [0.4, 0.5) is 11.4 Å². The molecule has 0 atom stereocenters. The number of pyridine rings is 1. The minimum Gasteiger partial charge on any atom is -0.396 e. The number of aromatic amines is 1. The first-order chi connectivity index (χ1) is 11.0. The number of aromatic nitrogens is 2. The normalized spacial score (nSPS) is 11.3. The van der Waals surface area contributed by atoms with E-state index < -0.39 is 5.91 Å². The summed E-state index contributed by atoms with van der Waals surface area (Å²) in [7, 11) is 0. The molecule has 5 N–H and O–H groups in total. The topological polar surface area (TPSA) is 101 Å². The van der Waals surface area contributed by atoms with Crippen LogP contribution in [0, 0.1) is 6.92 Å². The first-order valence-electron chi connectivity index (χ1n) is 7.74. The first kappa shape index (κ1) is 15.1. The van der Waals surface area contributed by atoms with Crippen molar-refractivity contribution in [3.8, 4) is 0 Å². The Balaban J connectivity index is 2.37. The molecule has 0 aliphatic rings. The van der Waals surface area contributed by atoms with E-state index >= 15 is 0 Å². The van der Waals surface area contributed by atoms with Gasteiger partial charge in [0.15, 0.2) is 0 Å². The van der Waals surface area contributed by atoms with Crippen LogP contribution >= 0.6 is 0 Å². The number of carbonyl (C=O) groups is 1. The fourth-order valence-corrected chi connectivity index (χ4v) is 3.13. The average molecular weight is 311 g/mol. The lowest BCUT2D eigenvalue weighted by atomic mass is 10.1. The molecule has 0 unspecified atom stereocenters. The number of nitrogens with two attached hydrogens (primary N) is 2. The van der Waals surface area contributed by atoms with Crippen molar-refractivity contribution in [2.24, 2.45) is 5.73 Å². The van der Waals surface area contributed by atoms with Gasteiger partial charge in [0, 0.05) is 35.2 Å². The molecular weight excluding hydrogens is 290 g/mol. The zero-order chi connectivity index (χ0) is 16.7. The number of benzene rings is 1. The molecule has 0 saturated carbocycles. The molecule has 6 heteroatoms. The van der Waals surface area contributed by atoms with E-state index in [2.05, 4.69) is 40.8 Å². The Morgan fingerprint density at radius 1 is 1.30 bits per heavy atom. The van der Waals surface area contributed by atoms with Crippen LogP contribution in [0.3, 0.4) is 0 Å². The molecule has 6 nitrogen and oxygen atoms in total. The number of fused-ring (bicyclic) bond motifs is 3. The summed E-state index contributed by atoms with van der Waals surface area (Å²) in [5, 5.41) is 1.71. The van der Waals surface area contributed by atoms with Gasteiger partial charge in [0.1, 0.15) is 5.69 Å². The van der Waals surface area contributed by atoms with Crippen LogP contribution in [0.15, 0.2) is 18.2 Å². The van der Waals surface area contributed by atoms with Gasteiger partial charge in [0.25, 0.3) is 5.91 Å². The fraction of sp³-hybridized carbons (Fsp3) is 0.294. The Bertz CT molecular complexity index is 908. The van der Waals surface area contributed by atoms with E-state index in [0.29, 0.717) is 5.69 Å². The summed E-state index contributed by atoms with van der Waals surface area (Å²) in [6.45, 7) is 7.96. The number of rotatable bonds is 4. The van der Waals surface area contributed by atoms with Crippen LogP contribution < -0.4 is 16.4 Å². The number of carbonyl (C=O) groups excluding carboxylic acids is 1. The Kier molecular flexibility index (Phi) is 3.60. The largest absolute Gasteiger partial charge is 0.396 e. The molecule has 3 aromatic rings. The van der Waals surface area contributed by atoms with Gasteiger partial charge in [-0.2, -0.15) is 0 Å². The minimum atomic E-state index is -0.564. The van der Waals surface area contributed by atoms with Crippen molar-refractivity contribution < 1.29 is 4.79 Å². The molecule has 2 aromatic heterocycles. The molecule has 0 aliphatic carbocycles. The first-order valence-corrected chi connectivity index (χ1v) is 7.74. The zero-order valence-electron chi connectivity index (χ0n) is 13.6. The van der Waals surface area contributed by atoms with E-state index in [9.17, 15) is 4.79 Å². The van der Waals surface area contributed by atoms with Crippen molar-refractivity contribution in [2.75, 3.05) is 23.7 Å². The van der Waals surface area contributed by atoms with Gasteiger partial charge in [0.05, 0.1) is 16.7 Å². The molecule has 0 fully saturated rings. The summed E-state index contributed by atoms with van der Waals surface area (Å²) in [5.74, 6) is -0.564. The number of aryl methyl sites for hydroxylation is 1. The summed E-state index contributed by atoms with van der Waals surface area (Å²) in [5.41, 5.74) is 15.7. The van der Waals surface area contributed by atoms with Gasteiger partial charge in [0.2, 0.25) is 0 Å². The summed E-state index contributed by atoms with van der Waals surface area (Å²) in [4.78, 5) is 21.6. The standard InChI is InChI=1S/C17H21N5O/c1-4-22(5-2)10-6-7-12-11(8-10)15-13(9(3)20-12)14(18)16(21-15)17(19)23/h6-8,21H,4-5,18H2,1-3H3,(H2,19,23). The second-order valence-corrected chi connectivity index (χ2v) is 5.60. The number of hydrogen-bond donors (Lipinski definition) is 3. The molecule has 23 heavy (non-hydrogen) atoms. The maximum Gasteiger partial charge on any atom is 0.267 e. The van der Waals surface area contributed by atoms with Gasteiger partial charge in [-0.25, -0.2) is 0 Å². The molecule has 2 heterocycles. The number of anilines is 2. The molecule has 0 spiro atoms. The van der Waals surface area contributed by atoms with Crippen molar-refractivity contribution in [3.05, 3.63) is 29.6 Å². The second-order valence-electron chi connectivity index (χ2n) is 5.60. The highest BCUT2D eigenvalue weighted by Gasteiger charge is 2.18. The van der Waals surface area contributed by atoms with Crippen LogP contribution in [0.25, 0.3) is 21.8 Å². The number of primary amides is 1. The lowest BCUT2D eigenvalue weighted by Crippen LogP contribution is -2.21. The van der Waals surface area contributed by atoms with Gasteiger partial charge in [-0.1, -0.05) is 0 Å². The molecule has 0 aliphatic heterocycles. The van der Waals surface area contributed by atoms with Gasteiger partial charge in [-0.3, -0.25) is 9.78 Å². The van der Waals surface area contributed by atoms with E-state index in [4.69, 9.17) is 11.5 Å². The lowest BCUT2D eigenvalue weighted by molar-refractivity contribution is 0.0997. The van der Waals surface area contributed by atoms with Crippen molar-refractivity contribution >= 4 is 39.1 Å². The lowest BCUT2D eigenvalue weighted by Gasteiger charge is -2.21. The maximum atomic E-state index is 11.6. The van der Waals surface area contributed by atoms with E-state index in [0.717, 1.165) is 46.3 Å². The smallest absolute Gasteiger partial charge is 0.267 e. The van der Waals surface area contributed by atoms with Crippen LogP contribution in [0.5, 0.6) is 0 Å². The van der Waals surface area contributed by atoms with Crippen molar-refractivity contribution in [2.45, 2.75) is 20.8 Å². The Labute approximate surface area is 134 Å². The third-order valence-corrected chi connectivity index (χ3v) is 4.31. The number of nitrogens with one attached hydrogen (secondary N) is 1. The number of H-pyrrole nitrogens is 1. The second kappa shape index (κ2) is 5.46. The van der Waals surface area contributed by atoms with Crippen molar-refractivity contribution in [1.82, 2.24) is 9.97 Å². The maximum absolute atomic E-state index is 11.6. The zero-order valence-corrected chi connectivity index (χ0v) is 13.6. The van der Waals surface area contributed by atoms with Gasteiger partial charge >= 0.3 is 0 Å². The highest BCUT2D eigenvalue weighted by Crippen LogP contribution is 2.34. The van der Waals surface area contributed by atoms with Crippen LogP contribution in [0.1, 0.15) is 30.0 Å². The number of nitrogen functional groups attached to an aromatic ring is 1. The minimum absolute atomic E-state index is 0.241. The molecule has 0 saturated heterocycles. The van der Waals surface area contributed by atoms with Crippen LogP contribution in [-0.2, 0) is 0 Å². The number of nitrogens with zero attached hydrogens (tertiary/aromatic N) is 2. The fourth-order valence-electron chi connectivity index (χ4n) is 3.13. The predicted molar refractivity (Wildman–Crippen MR) is 94.8 cm³/mol. The summed E-state index contributed by atoms with van der Waals surface area (Å²) in [6.07, 6.45) is 0. The van der Waals surface area contributed by atoms with Crippen LogP contribution in [-0.4, -0.2) is 29.0 Å². The monoisotopic (exact) mass is 311 g/mol. The van der Waals surface area contributed by atoms with Crippen molar-refractivity contribution in [3.63, 3.8) is 0 Å². The van der Waals surface area contributed by atoms with Gasteiger partial charge in [-0.15, -0.1) is 0 Å². The summed E-state index contributed by atoms with van der Waals surface area (Å²) in [6, 6.07) is 6.14. The van der Waals surface area contributed by atoms with Gasteiger partial charge < -0.3 is 21.4 Å². The predicted octanol–water partition coefficient (Wildman–Crippen LogP) is 2.55.